The van der Waals surface area contributed by atoms with Crippen molar-refractivity contribution in [1.29, 1.82) is 5.41 Å². The van der Waals surface area contributed by atoms with E-state index in [9.17, 15) is 4.39 Å². The average Bonchev–Trinajstić information content (AvgIpc) is 2.26. The van der Waals surface area contributed by atoms with Gasteiger partial charge in [0, 0.05) is 17.0 Å². The molecule has 0 aromatic heterocycles. The predicted molar refractivity (Wildman–Crippen MR) is 68.1 cm³/mol. The zero-order chi connectivity index (χ0) is 12.1. The van der Waals surface area contributed by atoms with Crippen LogP contribution in [0.5, 0.6) is 0 Å². The Bertz CT molecular complexity index is 319. The van der Waals surface area contributed by atoms with E-state index < -0.39 is 6.17 Å². The minimum Gasteiger partial charge on any atom is -0.494 e. The Morgan fingerprint density at radius 3 is 2.94 bits per heavy atom. The fourth-order valence-corrected chi connectivity index (χ4v) is 2.19. The molecule has 0 fully saturated rings. The number of alkyl halides is 1. The molecule has 1 N–H and O–H groups in total. The minimum atomic E-state index is -1.21. The molecule has 2 nitrogen and oxygen atoms in total. The van der Waals surface area contributed by atoms with Gasteiger partial charge in [0.05, 0.1) is 11.6 Å². The summed E-state index contributed by atoms with van der Waals surface area (Å²) in [6.45, 7) is 2.43. The van der Waals surface area contributed by atoms with Crippen molar-refractivity contribution in [1.82, 2.24) is 0 Å². The molecule has 0 saturated heterocycles. The largest absolute Gasteiger partial charge is 0.494 e. The van der Waals surface area contributed by atoms with Crippen molar-refractivity contribution < 1.29 is 9.13 Å². The van der Waals surface area contributed by atoms with Gasteiger partial charge < -0.3 is 10.1 Å². The molecule has 0 radical (unpaired) electrons. The highest BCUT2D eigenvalue weighted by molar-refractivity contribution is 7.80. The first-order valence-corrected chi connectivity index (χ1v) is 6.14. The first-order valence-electron chi connectivity index (χ1n) is 5.29. The van der Waals surface area contributed by atoms with Crippen molar-refractivity contribution in [2.75, 3.05) is 6.61 Å². The number of thiocarbonyl (C=S) groups is 1. The van der Waals surface area contributed by atoms with E-state index in [2.05, 4.69) is 12.2 Å². The molecule has 0 amide bonds. The van der Waals surface area contributed by atoms with Gasteiger partial charge in [-0.05, 0) is 19.3 Å². The Labute approximate surface area is 105 Å². The van der Waals surface area contributed by atoms with Gasteiger partial charge in [-0.15, -0.1) is 0 Å². The summed E-state index contributed by atoms with van der Waals surface area (Å²) in [4.78, 5) is 0. The maximum absolute atomic E-state index is 13.8. The van der Waals surface area contributed by atoms with E-state index in [0.29, 0.717) is 18.1 Å². The summed E-state index contributed by atoms with van der Waals surface area (Å²) in [5, 5.41) is 9.23. The van der Waals surface area contributed by atoms with Crippen LogP contribution in [0.3, 0.4) is 0 Å². The maximum Gasteiger partial charge on any atom is 0.159 e. The zero-order valence-corrected chi connectivity index (χ0v) is 10.7. The third-order valence-electron chi connectivity index (χ3n) is 2.50. The van der Waals surface area contributed by atoms with Gasteiger partial charge in [-0.1, -0.05) is 30.7 Å². The van der Waals surface area contributed by atoms with E-state index in [1.807, 2.05) is 6.92 Å². The summed E-state index contributed by atoms with van der Waals surface area (Å²) in [6.07, 6.45) is 0.293. The number of hydrogen-bond donors (Lipinski definition) is 1. The highest BCUT2D eigenvalue weighted by Gasteiger charge is 2.31. The second kappa shape index (κ2) is 6.30. The number of halogens is 2. The fourth-order valence-electron chi connectivity index (χ4n) is 1.64. The Morgan fingerprint density at radius 2 is 2.44 bits per heavy atom. The number of ether oxygens (including phenoxy) is 1. The Hall–Kier alpha value is -0.480. The SMILES string of the molecule is CCCOC1=C(Cl)CC(C(=N)C=S)CC1F. The molecule has 16 heavy (non-hydrogen) atoms. The molecule has 1 aliphatic carbocycles. The molecule has 5 heteroatoms. The van der Waals surface area contributed by atoms with Crippen LogP contribution in [-0.2, 0) is 4.74 Å². The number of nitrogens with one attached hydrogen (secondary N) is 1. The third kappa shape index (κ3) is 3.25. The van der Waals surface area contributed by atoms with E-state index in [1.54, 1.807) is 0 Å². The van der Waals surface area contributed by atoms with Crippen molar-refractivity contribution in [2.45, 2.75) is 32.4 Å². The van der Waals surface area contributed by atoms with Gasteiger partial charge in [0.2, 0.25) is 0 Å². The summed E-state index contributed by atoms with van der Waals surface area (Å²) < 4.78 is 19.0. The number of hydrogen-bond acceptors (Lipinski definition) is 3. The van der Waals surface area contributed by atoms with Gasteiger partial charge >= 0.3 is 0 Å². The fraction of sp³-hybridized carbons (Fsp3) is 0.636. The van der Waals surface area contributed by atoms with Crippen LogP contribution in [0, 0.1) is 11.3 Å². The van der Waals surface area contributed by atoms with Crippen LogP contribution in [0.2, 0.25) is 0 Å². The molecule has 0 saturated carbocycles. The molecule has 0 aromatic carbocycles. The molecular formula is C11H15ClFNOS. The molecule has 0 spiro atoms. The van der Waals surface area contributed by atoms with Crippen LogP contribution in [0.1, 0.15) is 26.2 Å². The van der Waals surface area contributed by atoms with Gasteiger partial charge in [0.15, 0.2) is 6.17 Å². The first kappa shape index (κ1) is 13.6. The van der Waals surface area contributed by atoms with E-state index in [1.165, 1.54) is 5.37 Å². The molecule has 90 valence electrons. The van der Waals surface area contributed by atoms with Crippen molar-refractivity contribution in [3.8, 4) is 0 Å². The average molecular weight is 264 g/mol. The van der Waals surface area contributed by atoms with Crippen LogP contribution >= 0.6 is 23.8 Å². The van der Waals surface area contributed by atoms with E-state index in [4.69, 9.17) is 21.7 Å². The number of allylic oxidation sites excluding steroid dienone is 2. The molecule has 2 unspecified atom stereocenters. The Balaban J connectivity index is 2.73. The third-order valence-corrected chi connectivity index (χ3v) is 3.09. The molecule has 0 bridgehead atoms. The zero-order valence-electron chi connectivity index (χ0n) is 9.13. The lowest BCUT2D eigenvalue weighted by Gasteiger charge is -2.26. The summed E-state index contributed by atoms with van der Waals surface area (Å²) in [5.74, 6) is 0.0333. The van der Waals surface area contributed by atoms with Crippen LogP contribution in [0.4, 0.5) is 4.39 Å². The van der Waals surface area contributed by atoms with Crippen LogP contribution in [0.25, 0.3) is 0 Å². The molecule has 2 atom stereocenters. The maximum atomic E-state index is 13.8. The molecular weight excluding hydrogens is 249 g/mol. The van der Waals surface area contributed by atoms with Gasteiger partial charge in [0.1, 0.15) is 5.76 Å². The Morgan fingerprint density at radius 1 is 1.75 bits per heavy atom. The van der Waals surface area contributed by atoms with Gasteiger partial charge in [-0.25, -0.2) is 4.39 Å². The lowest BCUT2D eigenvalue weighted by Crippen LogP contribution is -2.26. The quantitative estimate of drug-likeness (QED) is 0.607. The van der Waals surface area contributed by atoms with Crippen LogP contribution in [-0.4, -0.2) is 23.9 Å². The van der Waals surface area contributed by atoms with E-state index in [-0.39, 0.29) is 23.8 Å². The molecule has 0 heterocycles. The highest BCUT2D eigenvalue weighted by atomic mass is 35.5. The second-order valence-electron chi connectivity index (χ2n) is 3.80. The summed E-state index contributed by atoms with van der Waals surface area (Å²) in [5.41, 5.74) is 0.269. The summed E-state index contributed by atoms with van der Waals surface area (Å²) >= 11 is 10.6. The van der Waals surface area contributed by atoms with E-state index in [0.717, 1.165) is 6.42 Å². The number of rotatable bonds is 5. The van der Waals surface area contributed by atoms with Gasteiger partial charge in [-0.2, -0.15) is 0 Å². The van der Waals surface area contributed by atoms with E-state index >= 15 is 0 Å². The van der Waals surface area contributed by atoms with Crippen molar-refractivity contribution in [3.63, 3.8) is 0 Å². The first-order chi connectivity index (χ1) is 7.60. The normalized spacial score (nSPS) is 25.4. The van der Waals surface area contributed by atoms with Crippen LogP contribution < -0.4 is 0 Å². The van der Waals surface area contributed by atoms with Crippen molar-refractivity contribution >= 4 is 34.9 Å². The van der Waals surface area contributed by atoms with Gasteiger partial charge in [-0.3, -0.25) is 0 Å². The predicted octanol–water partition coefficient (Wildman–Crippen LogP) is 3.63. The smallest absolute Gasteiger partial charge is 0.159 e. The standard InChI is InChI=1S/C11H15ClFNOS/c1-2-3-15-11-8(12)4-7(5-9(11)13)10(14)6-16/h6-7,9,14H,2-5H2,1H3. The minimum absolute atomic E-state index is 0.214. The second-order valence-corrected chi connectivity index (χ2v) is 4.49. The molecule has 0 aromatic rings. The molecule has 0 aliphatic heterocycles. The monoisotopic (exact) mass is 263 g/mol. The van der Waals surface area contributed by atoms with Crippen molar-refractivity contribution in [3.05, 3.63) is 10.8 Å². The lowest BCUT2D eigenvalue weighted by molar-refractivity contribution is 0.135. The highest BCUT2D eigenvalue weighted by Crippen LogP contribution is 2.34. The summed E-state index contributed by atoms with van der Waals surface area (Å²) in [7, 11) is 0. The van der Waals surface area contributed by atoms with Crippen LogP contribution in [0.15, 0.2) is 10.8 Å². The lowest BCUT2D eigenvalue weighted by atomic mass is 9.88. The topological polar surface area (TPSA) is 33.1 Å². The molecule has 1 aliphatic rings. The van der Waals surface area contributed by atoms with Crippen molar-refractivity contribution in [2.24, 2.45) is 5.92 Å². The Kier molecular flexibility index (Phi) is 5.35. The molecule has 1 rings (SSSR count). The van der Waals surface area contributed by atoms with Gasteiger partial charge in [0.25, 0.3) is 0 Å². The summed E-state index contributed by atoms with van der Waals surface area (Å²) in [6, 6.07) is 0.